The van der Waals surface area contributed by atoms with Gasteiger partial charge in [-0.1, -0.05) is 5.21 Å². The van der Waals surface area contributed by atoms with Crippen molar-refractivity contribution in [2.45, 2.75) is 25.8 Å². The Morgan fingerprint density at radius 1 is 1.71 bits per heavy atom. The Morgan fingerprint density at radius 3 is 3.07 bits per heavy atom. The number of rotatable bonds is 5. The second-order valence-corrected chi connectivity index (χ2v) is 2.73. The fourth-order valence-corrected chi connectivity index (χ4v) is 0.940. The number of carbonyl (C=O) groups is 1. The van der Waals surface area contributed by atoms with Gasteiger partial charge in [-0.2, -0.15) is 5.21 Å². The highest BCUT2D eigenvalue weighted by Crippen LogP contribution is 1.98. The minimum atomic E-state index is -0.617. The van der Waals surface area contributed by atoms with Crippen LogP contribution in [0.5, 0.6) is 0 Å². The monoisotopic (exact) mass is 199 g/mol. The lowest BCUT2D eigenvalue weighted by Gasteiger charge is -2.08. The Hall–Kier alpha value is -1.50. The standard InChI is InChI=1S/C7H13N5O2/c1-2-14-7(13)5(8)3-4-6-9-11-12-10-6/h5H,2-4,8H2,1H3,(H,9,10,11,12). The number of aromatic amines is 1. The van der Waals surface area contributed by atoms with E-state index in [2.05, 4.69) is 20.6 Å². The summed E-state index contributed by atoms with van der Waals surface area (Å²) in [6, 6.07) is -0.617. The predicted molar refractivity (Wildman–Crippen MR) is 47.1 cm³/mol. The molecule has 7 nitrogen and oxygen atoms in total. The Kier molecular flexibility index (Phi) is 3.99. The van der Waals surface area contributed by atoms with E-state index in [0.717, 1.165) is 0 Å². The fraction of sp³-hybridized carbons (Fsp3) is 0.714. The van der Waals surface area contributed by atoms with Crippen LogP contribution in [-0.2, 0) is 16.0 Å². The van der Waals surface area contributed by atoms with Crippen LogP contribution in [0.2, 0.25) is 0 Å². The van der Waals surface area contributed by atoms with Crippen LogP contribution in [-0.4, -0.2) is 39.2 Å². The van der Waals surface area contributed by atoms with Gasteiger partial charge in [0.05, 0.1) is 6.61 Å². The van der Waals surface area contributed by atoms with Crippen molar-refractivity contribution in [3.05, 3.63) is 5.82 Å². The third kappa shape index (κ3) is 3.09. The number of tetrazole rings is 1. The summed E-state index contributed by atoms with van der Waals surface area (Å²) in [6.07, 6.45) is 0.967. The zero-order valence-corrected chi connectivity index (χ0v) is 7.93. The molecule has 0 aliphatic heterocycles. The molecule has 0 aliphatic rings. The number of nitrogens with two attached hydrogens (primary N) is 1. The second-order valence-electron chi connectivity index (χ2n) is 2.73. The molecule has 0 fully saturated rings. The van der Waals surface area contributed by atoms with E-state index in [9.17, 15) is 4.79 Å². The van der Waals surface area contributed by atoms with Crippen LogP contribution in [0.4, 0.5) is 0 Å². The van der Waals surface area contributed by atoms with E-state index >= 15 is 0 Å². The minimum Gasteiger partial charge on any atom is -0.465 e. The number of nitrogens with one attached hydrogen (secondary N) is 1. The smallest absolute Gasteiger partial charge is 0.322 e. The molecule has 0 spiro atoms. The zero-order chi connectivity index (χ0) is 10.4. The number of hydrogen-bond donors (Lipinski definition) is 2. The Bertz CT molecular complexity index is 274. The maximum atomic E-state index is 11.1. The highest BCUT2D eigenvalue weighted by molar-refractivity contribution is 5.75. The highest BCUT2D eigenvalue weighted by atomic mass is 16.5. The van der Waals surface area contributed by atoms with Crippen LogP contribution in [0.1, 0.15) is 19.2 Å². The van der Waals surface area contributed by atoms with Crippen LogP contribution in [0, 0.1) is 0 Å². The van der Waals surface area contributed by atoms with E-state index in [1.54, 1.807) is 6.92 Å². The van der Waals surface area contributed by atoms with E-state index in [1.165, 1.54) is 0 Å². The van der Waals surface area contributed by atoms with Crippen molar-refractivity contribution in [2.75, 3.05) is 6.61 Å². The fourth-order valence-electron chi connectivity index (χ4n) is 0.940. The molecule has 0 aromatic carbocycles. The SMILES string of the molecule is CCOC(=O)C(N)CCc1nn[nH]n1. The topological polar surface area (TPSA) is 107 Å². The summed E-state index contributed by atoms with van der Waals surface area (Å²) in [7, 11) is 0. The molecular formula is C7H13N5O2. The number of nitrogens with zero attached hydrogens (tertiary/aromatic N) is 3. The molecular weight excluding hydrogens is 186 g/mol. The molecule has 1 rings (SSSR count). The number of aryl methyl sites for hydroxylation is 1. The molecule has 1 atom stereocenters. The van der Waals surface area contributed by atoms with E-state index in [1.807, 2.05) is 0 Å². The largest absolute Gasteiger partial charge is 0.465 e. The first kappa shape index (κ1) is 10.6. The summed E-state index contributed by atoms with van der Waals surface area (Å²) in [6.45, 7) is 2.08. The van der Waals surface area contributed by atoms with E-state index in [-0.39, 0.29) is 0 Å². The van der Waals surface area contributed by atoms with Gasteiger partial charge in [-0.25, -0.2) is 0 Å². The van der Waals surface area contributed by atoms with Crippen LogP contribution >= 0.6 is 0 Å². The van der Waals surface area contributed by atoms with Crippen molar-refractivity contribution in [1.29, 1.82) is 0 Å². The molecule has 0 saturated heterocycles. The number of aromatic nitrogens is 4. The third-order valence-electron chi connectivity index (χ3n) is 1.66. The lowest BCUT2D eigenvalue weighted by Crippen LogP contribution is -2.32. The summed E-state index contributed by atoms with van der Waals surface area (Å²) in [4.78, 5) is 11.1. The molecule has 0 bridgehead atoms. The Labute approximate surface area is 81.0 Å². The van der Waals surface area contributed by atoms with Crippen LogP contribution < -0.4 is 5.73 Å². The summed E-state index contributed by atoms with van der Waals surface area (Å²) in [5, 5.41) is 13.2. The maximum absolute atomic E-state index is 11.1. The average Bonchev–Trinajstić information content (AvgIpc) is 2.67. The number of esters is 1. The van der Waals surface area contributed by atoms with Crippen molar-refractivity contribution in [3.63, 3.8) is 0 Å². The van der Waals surface area contributed by atoms with Crippen molar-refractivity contribution >= 4 is 5.97 Å². The van der Waals surface area contributed by atoms with Crippen molar-refractivity contribution in [1.82, 2.24) is 20.6 Å². The molecule has 1 aromatic rings. The predicted octanol–water partition coefficient (Wildman–Crippen LogP) is -0.977. The van der Waals surface area contributed by atoms with Gasteiger partial charge in [-0.3, -0.25) is 4.79 Å². The van der Waals surface area contributed by atoms with Gasteiger partial charge in [0, 0.05) is 6.42 Å². The van der Waals surface area contributed by atoms with Gasteiger partial charge in [0.2, 0.25) is 0 Å². The summed E-state index contributed by atoms with van der Waals surface area (Å²) >= 11 is 0. The van der Waals surface area contributed by atoms with Gasteiger partial charge >= 0.3 is 5.97 Å². The molecule has 0 amide bonds. The summed E-state index contributed by atoms with van der Waals surface area (Å²) in [5.41, 5.74) is 5.56. The molecule has 0 aliphatic carbocycles. The molecule has 7 heteroatoms. The zero-order valence-electron chi connectivity index (χ0n) is 7.93. The van der Waals surface area contributed by atoms with Gasteiger partial charge < -0.3 is 10.5 Å². The van der Waals surface area contributed by atoms with Crippen LogP contribution in [0.25, 0.3) is 0 Å². The average molecular weight is 199 g/mol. The first-order valence-corrected chi connectivity index (χ1v) is 4.38. The lowest BCUT2D eigenvalue weighted by molar-refractivity contribution is -0.144. The molecule has 0 saturated carbocycles. The minimum absolute atomic E-state index is 0.342. The normalized spacial score (nSPS) is 12.4. The molecule has 1 unspecified atom stereocenters. The van der Waals surface area contributed by atoms with Gasteiger partial charge in [0.1, 0.15) is 6.04 Å². The van der Waals surface area contributed by atoms with Crippen LogP contribution in [0.3, 0.4) is 0 Å². The molecule has 1 aromatic heterocycles. The highest BCUT2D eigenvalue weighted by Gasteiger charge is 2.14. The van der Waals surface area contributed by atoms with E-state index in [0.29, 0.717) is 25.3 Å². The Morgan fingerprint density at radius 2 is 2.50 bits per heavy atom. The Balaban J connectivity index is 2.27. The van der Waals surface area contributed by atoms with E-state index < -0.39 is 12.0 Å². The van der Waals surface area contributed by atoms with Crippen molar-refractivity contribution < 1.29 is 9.53 Å². The van der Waals surface area contributed by atoms with Crippen molar-refractivity contribution in [3.8, 4) is 0 Å². The number of hydrogen-bond acceptors (Lipinski definition) is 6. The number of carbonyl (C=O) groups excluding carboxylic acids is 1. The number of H-pyrrole nitrogens is 1. The summed E-state index contributed by atoms with van der Waals surface area (Å²) in [5.74, 6) is 0.153. The molecule has 78 valence electrons. The molecule has 1 heterocycles. The van der Waals surface area contributed by atoms with Gasteiger partial charge in [0.15, 0.2) is 5.82 Å². The maximum Gasteiger partial charge on any atom is 0.322 e. The third-order valence-corrected chi connectivity index (χ3v) is 1.66. The summed E-state index contributed by atoms with van der Waals surface area (Å²) < 4.78 is 4.75. The van der Waals surface area contributed by atoms with Gasteiger partial charge in [-0.05, 0) is 13.3 Å². The second kappa shape index (κ2) is 5.28. The number of ether oxygens (including phenoxy) is 1. The van der Waals surface area contributed by atoms with Crippen molar-refractivity contribution in [2.24, 2.45) is 5.73 Å². The van der Waals surface area contributed by atoms with E-state index in [4.69, 9.17) is 10.5 Å². The quantitative estimate of drug-likeness (QED) is 0.590. The molecule has 3 N–H and O–H groups in total. The van der Waals surface area contributed by atoms with Gasteiger partial charge in [-0.15, -0.1) is 10.2 Å². The molecule has 14 heavy (non-hydrogen) atoms. The van der Waals surface area contributed by atoms with Gasteiger partial charge in [0.25, 0.3) is 0 Å². The first-order chi connectivity index (χ1) is 6.74. The van der Waals surface area contributed by atoms with Crippen LogP contribution in [0.15, 0.2) is 0 Å². The molecule has 0 radical (unpaired) electrons. The lowest BCUT2D eigenvalue weighted by atomic mass is 10.1. The first-order valence-electron chi connectivity index (χ1n) is 4.38.